The summed E-state index contributed by atoms with van der Waals surface area (Å²) in [6, 6.07) is 3.51. The third kappa shape index (κ3) is 1.81. The first-order valence-electron chi connectivity index (χ1n) is 3.90. The van der Waals surface area contributed by atoms with Gasteiger partial charge in [0.2, 0.25) is 0 Å². The Kier molecular flexibility index (Phi) is 2.84. The van der Waals surface area contributed by atoms with E-state index in [1.54, 1.807) is 24.5 Å². The van der Waals surface area contributed by atoms with Gasteiger partial charge in [-0.05, 0) is 22.0 Å². The molecule has 0 aliphatic carbocycles. The number of hydrogen-bond acceptors (Lipinski definition) is 3. The molecule has 2 heterocycles. The van der Waals surface area contributed by atoms with E-state index in [2.05, 4.69) is 25.9 Å². The van der Waals surface area contributed by atoms with Gasteiger partial charge in [0.25, 0.3) is 0 Å². The van der Waals surface area contributed by atoms with Crippen LogP contribution in [0.4, 0.5) is 0 Å². The van der Waals surface area contributed by atoms with Crippen LogP contribution in [0.2, 0.25) is 5.02 Å². The Bertz CT molecular complexity index is 464. The Labute approximate surface area is 94.2 Å². The number of fused-ring (bicyclic) bond motifs is 1. The Morgan fingerprint density at radius 2 is 2.29 bits per heavy atom. The summed E-state index contributed by atoms with van der Waals surface area (Å²) in [7, 11) is 0. The van der Waals surface area contributed by atoms with Crippen LogP contribution in [-0.2, 0) is 0 Å². The molecule has 0 N–H and O–H groups in total. The lowest BCUT2D eigenvalue weighted by Crippen LogP contribution is -1.91. The zero-order valence-corrected chi connectivity index (χ0v) is 9.42. The minimum Gasteiger partial charge on any atom is -0.481 e. The Hall–Kier alpha value is -0.870. The van der Waals surface area contributed by atoms with Crippen molar-refractivity contribution in [3.05, 3.63) is 29.5 Å². The van der Waals surface area contributed by atoms with Gasteiger partial charge in [-0.2, -0.15) is 0 Å². The summed E-state index contributed by atoms with van der Waals surface area (Å²) >= 11 is 9.10. The molecule has 0 fully saturated rings. The summed E-state index contributed by atoms with van der Waals surface area (Å²) in [5.74, 6) is 0.671. The molecule has 0 unspecified atom stereocenters. The smallest absolute Gasteiger partial charge is 0.143 e. The maximum Gasteiger partial charge on any atom is 0.143 e. The Morgan fingerprint density at radius 1 is 1.43 bits per heavy atom. The lowest BCUT2D eigenvalue weighted by atomic mass is 10.3. The second-order valence-electron chi connectivity index (χ2n) is 2.58. The van der Waals surface area contributed by atoms with Crippen LogP contribution in [-0.4, -0.2) is 15.5 Å². The van der Waals surface area contributed by atoms with Gasteiger partial charge in [-0.15, -0.1) is 0 Å². The highest BCUT2D eigenvalue weighted by Gasteiger charge is 2.02. The molecule has 0 saturated carbocycles. The number of hydrogen-bond donors (Lipinski definition) is 0. The molecule has 0 saturated heterocycles. The number of halogens is 2. The average Bonchev–Trinajstić information content (AvgIpc) is 2.18. The maximum atomic E-state index is 5.93. The highest BCUT2D eigenvalue weighted by atomic mass is 79.9. The van der Waals surface area contributed by atoms with Crippen LogP contribution < -0.4 is 4.74 Å². The predicted molar refractivity (Wildman–Crippen MR) is 59.0 cm³/mol. The Balaban J connectivity index is 2.56. The van der Waals surface area contributed by atoms with Crippen LogP contribution in [0.5, 0.6) is 5.75 Å². The maximum absolute atomic E-state index is 5.93. The third-order valence-electron chi connectivity index (χ3n) is 1.72. The summed E-state index contributed by atoms with van der Waals surface area (Å²) in [6.45, 7) is 0. The summed E-state index contributed by atoms with van der Waals surface area (Å²) in [6.07, 6.45) is 3.27. The molecule has 2 aromatic heterocycles. The van der Waals surface area contributed by atoms with E-state index in [1.165, 1.54) is 0 Å². The summed E-state index contributed by atoms with van der Waals surface area (Å²) in [4.78, 5) is 8.30. The van der Waals surface area contributed by atoms with Crippen molar-refractivity contribution in [2.45, 2.75) is 0 Å². The quantitative estimate of drug-likeness (QED) is 0.789. The minimum atomic E-state index is 0.431. The fraction of sp³-hybridized carbons (Fsp3) is 0.111. The van der Waals surface area contributed by atoms with Crippen molar-refractivity contribution in [1.29, 1.82) is 0 Å². The molecule has 72 valence electrons. The highest BCUT2D eigenvalue weighted by molar-refractivity contribution is 9.09. The normalized spacial score (nSPS) is 10.4. The lowest BCUT2D eigenvalue weighted by molar-refractivity contribution is 0.397. The molecule has 2 aromatic rings. The van der Waals surface area contributed by atoms with E-state index in [0.717, 1.165) is 5.52 Å². The number of aromatic nitrogens is 2. The van der Waals surface area contributed by atoms with Gasteiger partial charge in [-0.25, -0.2) is 4.98 Å². The number of nitrogens with zero attached hydrogens (tertiary/aromatic N) is 2. The Morgan fingerprint density at radius 3 is 3.07 bits per heavy atom. The first kappa shape index (κ1) is 9.68. The molecule has 0 spiro atoms. The standard InChI is InChI=1S/C9H6BrClN2O/c10-5-14-6-3-8-9(13-4-6)7(11)1-2-12-8/h1-4H,5H2. The van der Waals surface area contributed by atoms with Crippen LogP contribution in [0, 0.1) is 0 Å². The van der Waals surface area contributed by atoms with Gasteiger partial charge in [0.15, 0.2) is 0 Å². The van der Waals surface area contributed by atoms with Gasteiger partial charge in [0.05, 0.1) is 16.7 Å². The summed E-state index contributed by atoms with van der Waals surface area (Å²) in [5.41, 5.74) is 1.85. The molecule has 5 heteroatoms. The van der Waals surface area contributed by atoms with E-state index in [-0.39, 0.29) is 0 Å². The molecular formula is C9H6BrClN2O. The molecule has 14 heavy (non-hydrogen) atoms. The molecule has 0 amide bonds. The van der Waals surface area contributed by atoms with E-state index in [1.807, 2.05) is 0 Å². The van der Waals surface area contributed by atoms with Crippen LogP contribution >= 0.6 is 27.5 Å². The second kappa shape index (κ2) is 4.11. The van der Waals surface area contributed by atoms with Crippen molar-refractivity contribution >= 4 is 38.6 Å². The molecular weight excluding hydrogens is 267 g/mol. The van der Waals surface area contributed by atoms with E-state index in [0.29, 0.717) is 21.8 Å². The molecule has 0 aliphatic rings. The average molecular weight is 274 g/mol. The molecule has 0 aliphatic heterocycles. The molecule has 0 aromatic carbocycles. The molecule has 0 bridgehead atoms. The number of pyridine rings is 2. The van der Waals surface area contributed by atoms with E-state index in [9.17, 15) is 0 Å². The van der Waals surface area contributed by atoms with Crippen molar-refractivity contribution < 1.29 is 4.74 Å². The van der Waals surface area contributed by atoms with Crippen LogP contribution in [0.1, 0.15) is 0 Å². The van der Waals surface area contributed by atoms with Crippen molar-refractivity contribution in [2.24, 2.45) is 0 Å². The monoisotopic (exact) mass is 272 g/mol. The van der Waals surface area contributed by atoms with E-state index in [4.69, 9.17) is 16.3 Å². The van der Waals surface area contributed by atoms with Gasteiger partial charge in [-0.1, -0.05) is 11.6 Å². The van der Waals surface area contributed by atoms with Gasteiger partial charge in [0.1, 0.15) is 16.8 Å². The summed E-state index contributed by atoms with van der Waals surface area (Å²) in [5, 5.41) is 0.598. The fourth-order valence-electron chi connectivity index (χ4n) is 1.12. The molecule has 0 radical (unpaired) electrons. The molecule has 0 atom stereocenters. The SMILES string of the molecule is Clc1ccnc2cc(OCBr)cnc12. The minimum absolute atomic E-state index is 0.431. The van der Waals surface area contributed by atoms with Crippen LogP contribution in [0.25, 0.3) is 11.0 Å². The van der Waals surface area contributed by atoms with Crippen molar-refractivity contribution in [1.82, 2.24) is 9.97 Å². The van der Waals surface area contributed by atoms with Crippen molar-refractivity contribution in [2.75, 3.05) is 5.52 Å². The van der Waals surface area contributed by atoms with Crippen LogP contribution in [0.15, 0.2) is 24.5 Å². The zero-order valence-electron chi connectivity index (χ0n) is 7.08. The molecule has 3 nitrogen and oxygen atoms in total. The molecule has 2 rings (SSSR count). The highest BCUT2D eigenvalue weighted by Crippen LogP contribution is 2.22. The first-order valence-corrected chi connectivity index (χ1v) is 5.40. The third-order valence-corrected chi connectivity index (χ3v) is 2.26. The second-order valence-corrected chi connectivity index (χ2v) is 3.45. The zero-order chi connectivity index (χ0) is 9.97. The lowest BCUT2D eigenvalue weighted by Gasteiger charge is -2.03. The number of alkyl halides is 1. The van der Waals surface area contributed by atoms with E-state index < -0.39 is 0 Å². The van der Waals surface area contributed by atoms with Gasteiger partial charge in [0, 0.05) is 12.3 Å². The van der Waals surface area contributed by atoms with Gasteiger partial charge >= 0.3 is 0 Å². The van der Waals surface area contributed by atoms with Crippen LogP contribution in [0.3, 0.4) is 0 Å². The van der Waals surface area contributed by atoms with Crippen molar-refractivity contribution in [3.8, 4) is 5.75 Å². The summed E-state index contributed by atoms with van der Waals surface area (Å²) < 4.78 is 5.22. The first-order chi connectivity index (χ1) is 6.81. The van der Waals surface area contributed by atoms with Crippen molar-refractivity contribution in [3.63, 3.8) is 0 Å². The number of rotatable bonds is 2. The van der Waals surface area contributed by atoms with Gasteiger partial charge in [-0.3, -0.25) is 4.98 Å². The fourth-order valence-corrected chi connectivity index (χ4v) is 1.59. The van der Waals surface area contributed by atoms with E-state index >= 15 is 0 Å². The predicted octanol–water partition coefficient (Wildman–Crippen LogP) is 3.01. The largest absolute Gasteiger partial charge is 0.481 e. The van der Waals surface area contributed by atoms with Gasteiger partial charge < -0.3 is 4.74 Å². The number of ether oxygens (including phenoxy) is 1. The topological polar surface area (TPSA) is 35.0 Å².